The van der Waals surface area contributed by atoms with E-state index in [0.717, 1.165) is 12.1 Å². The molecule has 0 bridgehead atoms. The van der Waals surface area contributed by atoms with Crippen molar-refractivity contribution in [1.29, 1.82) is 0 Å². The maximum atomic E-state index is 12.5. The van der Waals surface area contributed by atoms with Crippen molar-refractivity contribution in [3.63, 3.8) is 0 Å². The summed E-state index contributed by atoms with van der Waals surface area (Å²) in [4.78, 5) is 17.1. The van der Waals surface area contributed by atoms with Crippen molar-refractivity contribution in [3.05, 3.63) is 101 Å². The van der Waals surface area contributed by atoms with Gasteiger partial charge in [-0.1, -0.05) is 54.6 Å². The quantitative estimate of drug-likeness (QED) is 0.746. The van der Waals surface area contributed by atoms with Crippen molar-refractivity contribution in [2.45, 2.75) is 17.9 Å². The minimum absolute atomic E-state index is 0.0263. The lowest BCUT2D eigenvalue weighted by atomic mass is 9.87. The zero-order valence-electron chi connectivity index (χ0n) is 13.1. The van der Waals surface area contributed by atoms with Crippen molar-refractivity contribution >= 4 is 5.91 Å². The average Bonchev–Trinajstić information content (AvgIpc) is 3.13. The summed E-state index contributed by atoms with van der Waals surface area (Å²) in [5, 5.41) is 3.25. The fraction of sp³-hybridized carbons (Fsp3) is 0.143. The van der Waals surface area contributed by atoms with Crippen LogP contribution in [0.3, 0.4) is 0 Å². The molecule has 2 aromatic carbocycles. The number of hydrogen-bond acceptors (Lipinski definition) is 2. The van der Waals surface area contributed by atoms with Crippen LogP contribution in [0.2, 0.25) is 0 Å². The van der Waals surface area contributed by atoms with E-state index in [0.29, 0.717) is 5.56 Å². The van der Waals surface area contributed by atoms with Crippen LogP contribution in [0.4, 0.5) is 0 Å². The summed E-state index contributed by atoms with van der Waals surface area (Å²) in [5.74, 6) is 0.234. The lowest BCUT2D eigenvalue weighted by molar-refractivity contribution is 0.0940. The molecule has 0 unspecified atom stereocenters. The minimum Gasteiger partial charge on any atom is -0.337 e. The van der Waals surface area contributed by atoms with E-state index in [9.17, 15) is 4.79 Å². The number of amides is 1. The Labute approximate surface area is 140 Å². The highest BCUT2D eigenvalue weighted by Crippen LogP contribution is 2.52. The molecule has 1 aromatic heterocycles. The molecular weight excluding hydrogens is 296 g/mol. The summed E-state index contributed by atoms with van der Waals surface area (Å²) >= 11 is 0. The van der Waals surface area contributed by atoms with Crippen LogP contribution in [0, 0.1) is 0 Å². The molecule has 0 saturated heterocycles. The van der Waals surface area contributed by atoms with Gasteiger partial charge in [-0.2, -0.15) is 0 Å². The Morgan fingerprint density at radius 2 is 1.75 bits per heavy atom. The second-order valence-corrected chi connectivity index (χ2v) is 6.51. The van der Waals surface area contributed by atoms with Gasteiger partial charge in [0.05, 0.1) is 11.3 Å². The van der Waals surface area contributed by atoms with E-state index in [1.165, 1.54) is 16.7 Å². The molecule has 1 aliphatic carbocycles. The lowest BCUT2D eigenvalue weighted by Gasteiger charge is -2.26. The van der Waals surface area contributed by atoms with Gasteiger partial charge in [-0.3, -0.25) is 9.78 Å². The molecule has 1 spiro atoms. The zero-order chi connectivity index (χ0) is 16.1. The molecule has 116 valence electrons. The van der Waals surface area contributed by atoms with Crippen molar-refractivity contribution in [3.8, 4) is 0 Å². The Bertz CT molecular complexity index is 951. The largest absolute Gasteiger partial charge is 0.337 e. The standard InChI is InChI=1S/C21H16N2O/c24-20-16-10-6-12-22-19(16)21(23-20)13-17(14-7-2-1-3-8-14)15-9-4-5-11-18(15)21/h1-12,17H,13H2,(H,23,24)/t17-,21-/m1/s1. The van der Waals surface area contributed by atoms with Crippen LogP contribution in [0.1, 0.15) is 45.1 Å². The molecule has 1 amide bonds. The van der Waals surface area contributed by atoms with Gasteiger partial charge in [0, 0.05) is 12.1 Å². The first-order chi connectivity index (χ1) is 11.8. The van der Waals surface area contributed by atoms with Gasteiger partial charge in [0.25, 0.3) is 5.91 Å². The molecule has 1 aliphatic heterocycles. The van der Waals surface area contributed by atoms with Crippen LogP contribution < -0.4 is 5.32 Å². The van der Waals surface area contributed by atoms with Crippen LogP contribution in [-0.2, 0) is 5.54 Å². The normalized spacial score (nSPS) is 23.8. The highest BCUT2D eigenvalue weighted by Gasteiger charge is 2.52. The van der Waals surface area contributed by atoms with Crippen LogP contribution in [-0.4, -0.2) is 10.9 Å². The number of benzene rings is 2. The SMILES string of the molecule is O=C1N[C@@]2(C[C@H](c3ccccc3)c3ccccc32)c2ncccc21. The average molecular weight is 312 g/mol. The number of fused-ring (bicyclic) bond motifs is 4. The number of carbonyl (C=O) groups excluding carboxylic acids is 1. The molecule has 3 heteroatoms. The first-order valence-corrected chi connectivity index (χ1v) is 8.22. The fourth-order valence-corrected chi connectivity index (χ4v) is 4.29. The van der Waals surface area contributed by atoms with Crippen molar-refractivity contribution in [2.24, 2.45) is 0 Å². The van der Waals surface area contributed by atoms with Crippen LogP contribution in [0.5, 0.6) is 0 Å². The molecule has 24 heavy (non-hydrogen) atoms. The topological polar surface area (TPSA) is 42.0 Å². The Hall–Kier alpha value is -2.94. The number of pyridine rings is 1. The summed E-state index contributed by atoms with van der Waals surface area (Å²) in [6, 6.07) is 22.6. The Balaban J connectivity index is 1.75. The molecule has 2 atom stereocenters. The number of aromatic nitrogens is 1. The number of nitrogens with one attached hydrogen (secondary N) is 1. The number of carbonyl (C=O) groups is 1. The monoisotopic (exact) mass is 312 g/mol. The van der Waals surface area contributed by atoms with Gasteiger partial charge in [0.1, 0.15) is 5.54 Å². The van der Waals surface area contributed by atoms with Gasteiger partial charge >= 0.3 is 0 Å². The van der Waals surface area contributed by atoms with Crippen LogP contribution >= 0.6 is 0 Å². The Morgan fingerprint density at radius 1 is 0.958 bits per heavy atom. The predicted molar refractivity (Wildman–Crippen MR) is 91.8 cm³/mol. The summed E-state index contributed by atoms with van der Waals surface area (Å²) in [6.45, 7) is 0. The lowest BCUT2D eigenvalue weighted by Crippen LogP contribution is -2.39. The predicted octanol–water partition coefficient (Wildman–Crippen LogP) is 3.60. The van der Waals surface area contributed by atoms with E-state index in [4.69, 9.17) is 0 Å². The molecule has 3 nitrogen and oxygen atoms in total. The van der Waals surface area contributed by atoms with Gasteiger partial charge in [-0.15, -0.1) is 0 Å². The van der Waals surface area contributed by atoms with Crippen LogP contribution in [0.15, 0.2) is 72.9 Å². The molecule has 5 rings (SSSR count). The third kappa shape index (κ3) is 1.67. The number of rotatable bonds is 1. The fourth-order valence-electron chi connectivity index (χ4n) is 4.29. The van der Waals surface area contributed by atoms with Gasteiger partial charge in [0.2, 0.25) is 0 Å². The first-order valence-electron chi connectivity index (χ1n) is 8.22. The molecule has 1 N–H and O–H groups in total. The highest BCUT2D eigenvalue weighted by molar-refractivity contribution is 6.00. The van der Waals surface area contributed by atoms with Gasteiger partial charge < -0.3 is 5.32 Å². The van der Waals surface area contributed by atoms with Crippen molar-refractivity contribution in [1.82, 2.24) is 10.3 Å². The van der Waals surface area contributed by atoms with Crippen molar-refractivity contribution < 1.29 is 4.79 Å². The molecule has 3 aromatic rings. The van der Waals surface area contributed by atoms with Crippen molar-refractivity contribution in [2.75, 3.05) is 0 Å². The molecule has 2 heterocycles. The summed E-state index contributed by atoms with van der Waals surface area (Å²) < 4.78 is 0. The highest BCUT2D eigenvalue weighted by atomic mass is 16.2. The van der Waals surface area contributed by atoms with E-state index in [1.807, 2.05) is 24.3 Å². The van der Waals surface area contributed by atoms with Gasteiger partial charge in [-0.25, -0.2) is 0 Å². The molecule has 0 radical (unpaired) electrons. The maximum absolute atomic E-state index is 12.5. The zero-order valence-corrected chi connectivity index (χ0v) is 13.1. The second-order valence-electron chi connectivity index (χ2n) is 6.51. The maximum Gasteiger partial charge on any atom is 0.254 e. The Morgan fingerprint density at radius 3 is 2.62 bits per heavy atom. The van der Waals surface area contributed by atoms with E-state index in [1.54, 1.807) is 6.20 Å². The first kappa shape index (κ1) is 13.5. The number of hydrogen-bond donors (Lipinski definition) is 1. The van der Waals surface area contributed by atoms with Gasteiger partial charge in [0.15, 0.2) is 0 Å². The smallest absolute Gasteiger partial charge is 0.254 e. The third-order valence-electron chi connectivity index (χ3n) is 5.29. The Kier molecular flexibility index (Phi) is 2.69. The molecular formula is C21H16N2O. The molecule has 0 fully saturated rings. The van der Waals surface area contributed by atoms with E-state index >= 15 is 0 Å². The van der Waals surface area contributed by atoms with Gasteiger partial charge in [-0.05, 0) is 35.2 Å². The number of nitrogens with zero attached hydrogens (tertiary/aromatic N) is 1. The third-order valence-corrected chi connectivity index (χ3v) is 5.29. The second kappa shape index (κ2) is 4.78. The van der Waals surface area contributed by atoms with E-state index in [-0.39, 0.29) is 11.8 Å². The molecule has 0 saturated carbocycles. The van der Waals surface area contributed by atoms with E-state index in [2.05, 4.69) is 52.8 Å². The molecule has 2 aliphatic rings. The summed E-state index contributed by atoms with van der Waals surface area (Å²) in [7, 11) is 0. The van der Waals surface area contributed by atoms with Crippen LogP contribution in [0.25, 0.3) is 0 Å². The minimum atomic E-state index is -0.509. The van der Waals surface area contributed by atoms with E-state index < -0.39 is 5.54 Å². The summed E-state index contributed by atoms with van der Waals surface area (Å²) in [6.07, 6.45) is 2.59. The summed E-state index contributed by atoms with van der Waals surface area (Å²) in [5.41, 5.74) is 4.78.